The van der Waals surface area contributed by atoms with Gasteiger partial charge in [-0.3, -0.25) is 0 Å². The average Bonchev–Trinajstić information content (AvgIpc) is 2.27. The first-order chi connectivity index (χ1) is 5.25. The molecular formula is C9H6Cl2. The predicted molar refractivity (Wildman–Crippen MR) is 48.7 cm³/mol. The van der Waals surface area contributed by atoms with Gasteiger partial charge >= 0.3 is 0 Å². The molecule has 0 nitrogen and oxygen atoms in total. The van der Waals surface area contributed by atoms with Crippen molar-refractivity contribution in [1.82, 2.24) is 0 Å². The summed E-state index contributed by atoms with van der Waals surface area (Å²) < 4.78 is 0. The minimum absolute atomic E-state index is 0.797. The van der Waals surface area contributed by atoms with E-state index in [4.69, 9.17) is 23.2 Å². The summed E-state index contributed by atoms with van der Waals surface area (Å²) >= 11 is 11.7. The molecule has 0 radical (unpaired) electrons. The summed E-state index contributed by atoms with van der Waals surface area (Å²) in [4.78, 5) is 0. The molecule has 0 unspecified atom stereocenters. The molecule has 0 bridgehead atoms. The molecular weight excluding hydrogens is 179 g/mol. The van der Waals surface area contributed by atoms with Gasteiger partial charge in [-0.15, -0.1) is 0 Å². The van der Waals surface area contributed by atoms with Gasteiger partial charge in [-0.25, -0.2) is 0 Å². The molecule has 0 atom stereocenters. The molecule has 0 heterocycles. The van der Waals surface area contributed by atoms with Crippen LogP contribution in [0.2, 0.25) is 0 Å². The van der Waals surface area contributed by atoms with E-state index in [-0.39, 0.29) is 0 Å². The first kappa shape index (κ1) is 7.20. The van der Waals surface area contributed by atoms with E-state index >= 15 is 0 Å². The van der Waals surface area contributed by atoms with Crippen LogP contribution in [0.5, 0.6) is 0 Å². The van der Waals surface area contributed by atoms with Crippen LogP contribution in [0, 0.1) is 0 Å². The molecule has 11 heavy (non-hydrogen) atoms. The summed E-state index contributed by atoms with van der Waals surface area (Å²) in [7, 11) is 0. The van der Waals surface area contributed by atoms with Crippen molar-refractivity contribution in [3.8, 4) is 0 Å². The van der Waals surface area contributed by atoms with E-state index in [1.807, 2.05) is 24.3 Å². The van der Waals surface area contributed by atoms with Crippen molar-refractivity contribution in [3.63, 3.8) is 0 Å². The van der Waals surface area contributed by atoms with Crippen LogP contribution in [0.1, 0.15) is 6.42 Å². The van der Waals surface area contributed by atoms with Gasteiger partial charge < -0.3 is 0 Å². The van der Waals surface area contributed by atoms with E-state index in [2.05, 4.69) is 0 Å². The zero-order valence-corrected chi connectivity index (χ0v) is 7.28. The molecule has 2 heteroatoms. The van der Waals surface area contributed by atoms with Crippen molar-refractivity contribution in [2.24, 2.45) is 0 Å². The molecule has 0 N–H and O–H groups in total. The monoisotopic (exact) mass is 184 g/mol. The molecule has 2 aliphatic rings. The van der Waals surface area contributed by atoms with Crippen molar-refractivity contribution in [3.05, 3.63) is 45.5 Å². The third-order valence-corrected chi connectivity index (χ3v) is 2.26. The highest BCUT2D eigenvalue weighted by Gasteiger charge is 2.14. The maximum atomic E-state index is 5.84. The molecule has 0 fully saturated rings. The van der Waals surface area contributed by atoms with Crippen LogP contribution in [-0.2, 0) is 0 Å². The minimum Gasteiger partial charge on any atom is -0.0888 e. The fraction of sp³-hybridized carbons (Fsp3) is 0.111. The number of rotatable bonds is 0. The Morgan fingerprint density at radius 3 is 2.73 bits per heavy atom. The lowest BCUT2D eigenvalue weighted by atomic mass is 10.0. The van der Waals surface area contributed by atoms with Gasteiger partial charge in [0.15, 0.2) is 0 Å². The molecule has 0 saturated carbocycles. The van der Waals surface area contributed by atoms with Crippen molar-refractivity contribution < 1.29 is 0 Å². The van der Waals surface area contributed by atoms with Gasteiger partial charge in [0.05, 0.1) is 0 Å². The Balaban J connectivity index is 2.41. The zero-order chi connectivity index (χ0) is 7.84. The van der Waals surface area contributed by atoms with Crippen LogP contribution < -0.4 is 0 Å². The molecule has 0 aromatic heterocycles. The summed E-state index contributed by atoms with van der Waals surface area (Å²) in [6.45, 7) is 0. The predicted octanol–water partition coefficient (Wildman–Crippen LogP) is 3.50. The van der Waals surface area contributed by atoms with Gasteiger partial charge in [0.1, 0.15) is 0 Å². The quantitative estimate of drug-likeness (QED) is 0.541. The van der Waals surface area contributed by atoms with Crippen LogP contribution in [0.4, 0.5) is 0 Å². The Labute approximate surface area is 75.5 Å². The number of hydrogen-bond donors (Lipinski definition) is 0. The fourth-order valence-electron chi connectivity index (χ4n) is 1.26. The minimum atomic E-state index is 0.797. The second-order valence-electron chi connectivity index (χ2n) is 2.61. The van der Waals surface area contributed by atoms with Crippen LogP contribution in [0.15, 0.2) is 45.5 Å². The van der Waals surface area contributed by atoms with Gasteiger partial charge in [-0.2, -0.15) is 0 Å². The summed E-state index contributed by atoms with van der Waals surface area (Å²) in [5.74, 6) is 0. The number of halogens is 2. The Bertz CT molecular complexity index is 316. The third-order valence-electron chi connectivity index (χ3n) is 1.78. The smallest absolute Gasteiger partial charge is 0.0415 e. The number of fused-ring (bicyclic) bond motifs is 1. The molecule has 0 spiro atoms. The molecule has 56 valence electrons. The van der Waals surface area contributed by atoms with Gasteiger partial charge in [0.25, 0.3) is 0 Å². The topological polar surface area (TPSA) is 0 Å². The molecule has 0 aliphatic heterocycles. The molecule has 0 saturated heterocycles. The highest BCUT2D eigenvalue weighted by Crippen LogP contribution is 2.34. The lowest BCUT2D eigenvalue weighted by Crippen LogP contribution is -1.88. The van der Waals surface area contributed by atoms with Crippen LogP contribution in [0.25, 0.3) is 0 Å². The van der Waals surface area contributed by atoms with E-state index in [1.165, 1.54) is 11.1 Å². The van der Waals surface area contributed by atoms with Crippen molar-refractivity contribution >= 4 is 23.2 Å². The summed E-state index contributed by atoms with van der Waals surface area (Å²) in [6, 6.07) is 0. The first-order valence-electron chi connectivity index (χ1n) is 3.40. The molecule has 0 amide bonds. The Hall–Kier alpha value is -0.460. The summed E-state index contributed by atoms with van der Waals surface area (Å²) in [5.41, 5.74) is 2.42. The van der Waals surface area contributed by atoms with Gasteiger partial charge in [0, 0.05) is 16.5 Å². The van der Waals surface area contributed by atoms with Crippen molar-refractivity contribution in [2.45, 2.75) is 6.42 Å². The maximum Gasteiger partial charge on any atom is 0.0415 e. The molecule has 0 aromatic rings. The SMILES string of the molecule is ClC1=CC2=CC=C(Cl)CC2=C1. The van der Waals surface area contributed by atoms with Crippen molar-refractivity contribution in [1.29, 1.82) is 0 Å². The number of hydrogen-bond acceptors (Lipinski definition) is 0. The maximum absolute atomic E-state index is 5.84. The molecule has 0 aromatic carbocycles. The third kappa shape index (κ3) is 1.29. The lowest BCUT2D eigenvalue weighted by molar-refractivity contribution is 1.21. The normalized spacial score (nSPS) is 21.6. The molecule has 2 rings (SSSR count). The second kappa shape index (κ2) is 2.54. The van der Waals surface area contributed by atoms with Crippen LogP contribution in [-0.4, -0.2) is 0 Å². The number of allylic oxidation sites excluding steroid dienone is 8. The summed E-state index contributed by atoms with van der Waals surface area (Å²) in [5, 5.41) is 1.67. The average molecular weight is 185 g/mol. The van der Waals surface area contributed by atoms with Gasteiger partial charge in [-0.05, 0) is 29.4 Å². The van der Waals surface area contributed by atoms with Crippen LogP contribution >= 0.6 is 23.2 Å². The van der Waals surface area contributed by atoms with E-state index in [0.29, 0.717) is 0 Å². The van der Waals surface area contributed by atoms with Gasteiger partial charge in [-0.1, -0.05) is 29.3 Å². The summed E-state index contributed by atoms with van der Waals surface area (Å²) in [6.07, 6.45) is 8.65. The standard InChI is InChI=1S/C9H6Cl2/c10-8-2-1-6-3-9(11)5-7(6)4-8/h1-3,5H,4H2. The Morgan fingerprint density at radius 2 is 1.91 bits per heavy atom. The zero-order valence-electron chi connectivity index (χ0n) is 5.77. The fourth-order valence-corrected chi connectivity index (χ4v) is 1.72. The largest absolute Gasteiger partial charge is 0.0888 e. The Kier molecular flexibility index (Phi) is 1.67. The van der Waals surface area contributed by atoms with E-state index in [9.17, 15) is 0 Å². The highest BCUT2D eigenvalue weighted by molar-refractivity contribution is 6.32. The van der Waals surface area contributed by atoms with Crippen molar-refractivity contribution in [2.75, 3.05) is 0 Å². The second-order valence-corrected chi connectivity index (χ2v) is 3.53. The van der Waals surface area contributed by atoms with Gasteiger partial charge in [0.2, 0.25) is 0 Å². The molecule has 2 aliphatic carbocycles. The first-order valence-corrected chi connectivity index (χ1v) is 4.16. The van der Waals surface area contributed by atoms with E-state index in [0.717, 1.165) is 16.5 Å². The highest BCUT2D eigenvalue weighted by atomic mass is 35.5. The van der Waals surface area contributed by atoms with E-state index < -0.39 is 0 Å². The van der Waals surface area contributed by atoms with E-state index in [1.54, 1.807) is 0 Å². The Morgan fingerprint density at radius 1 is 1.09 bits per heavy atom. The van der Waals surface area contributed by atoms with Crippen LogP contribution in [0.3, 0.4) is 0 Å². The lowest BCUT2D eigenvalue weighted by Gasteiger charge is -2.07.